The van der Waals surface area contributed by atoms with Gasteiger partial charge in [0.25, 0.3) is 0 Å². The maximum absolute atomic E-state index is 13.9. The van der Waals surface area contributed by atoms with E-state index in [1.165, 1.54) is 13.1 Å². The van der Waals surface area contributed by atoms with Gasteiger partial charge in [-0.2, -0.15) is 0 Å². The fraction of sp³-hybridized carbons (Fsp3) is 0.400. The summed E-state index contributed by atoms with van der Waals surface area (Å²) in [6.45, 7) is 1.90. The summed E-state index contributed by atoms with van der Waals surface area (Å²) in [6.07, 6.45) is 0. The highest BCUT2D eigenvalue weighted by atomic mass is 35.5. The predicted octanol–water partition coefficient (Wildman–Crippen LogP) is 2.86. The lowest BCUT2D eigenvalue weighted by molar-refractivity contribution is 0.477. The van der Waals surface area contributed by atoms with Gasteiger partial charge < -0.3 is 0 Å². The Morgan fingerprint density at radius 3 is 2.47 bits per heavy atom. The van der Waals surface area contributed by atoms with Gasteiger partial charge in [0.05, 0.1) is 5.88 Å². The van der Waals surface area contributed by atoms with Crippen LogP contribution in [0.4, 0.5) is 4.39 Å². The molecule has 96 valence electrons. The second kappa shape index (κ2) is 5.52. The highest BCUT2D eigenvalue weighted by molar-refractivity contribution is 7.89. The first-order valence-corrected chi connectivity index (χ1v) is 7.20. The predicted molar refractivity (Wildman–Crippen MR) is 66.5 cm³/mol. The van der Waals surface area contributed by atoms with E-state index in [2.05, 4.69) is 0 Å². The molecule has 0 radical (unpaired) electrons. The van der Waals surface area contributed by atoms with E-state index in [-0.39, 0.29) is 23.0 Å². The minimum Gasteiger partial charge on any atom is -0.207 e. The summed E-state index contributed by atoms with van der Waals surface area (Å²) in [5, 5.41) is 0.144. The maximum atomic E-state index is 13.9. The van der Waals surface area contributed by atoms with E-state index < -0.39 is 20.7 Å². The number of hydrogen-bond acceptors (Lipinski definition) is 2. The molecule has 0 amide bonds. The Hall–Kier alpha value is -0.360. The van der Waals surface area contributed by atoms with Crippen molar-refractivity contribution in [1.29, 1.82) is 0 Å². The number of alkyl halides is 1. The van der Waals surface area contributed by atoms with E-state index in [9.17, 15) is 12.8 Å². The molecule has 0 N–H and O–H groups in total. The molecule has 0 spiro atoms. The largest absolute Gasteiger partial charge is 0.245 e. The van der Waals surface area contributed by atoms with Crippen LogP contribution in [0.2, 0.25) is 5.02 Å². The van der Waals surface area contributed by atoms with E-state index in [0.717, 1.165) is 10.4 Å². The summed E-state index contributed by atoms with van der Waals surface area (Å²) in [5.74, 6) is -0.977. The topological polar surface area (TPSA) is 37.4 Å². The standard InChI is InChI=1S/C10H12Cl2FNO2S/c1-3-14(2)17(15,16)9-5-8(12)4-7(6-11)10(9)13/h4-5H,3,6H2,1-2H3. The normalized spacial score (nSPS) is 12.1. The Balaban J connectivity index is 3.47. The van der Waals surface area contributed by atoms with Crippen LogP contribution in [0, 0.1) is 5.82 Å². The Morgan fingerprint density at radius 1 is 1.41 bits per heavy atom. The van der Waals surface area contributed by atoms with Crippen LogP contribution in [0.15, 0.2) is 17.0 Å². The van der Waals surface area contributed by atoms with Crippen molar-refractivity contribution in [2.75, 3.05) is 13.6 Å². The van der Waals surface area contributed by atoms with Gasteiger partial charge in [0, 0.05) is 24.2 Å². The zero-order valence-corrected chi connectivity index (χ0v) is 11.7. The Morgan fingerprint density at radius 2 is 2.00 bits per heavy atom. The number of hydrogen-bond donors (Lipinski definition) is 0. The first-order valence-electron chi connectivity index (χ1n) is 4.84. The van der Waals surface area contributed by atoms with Crippen molar-refractivity contribution in [2.24, 2.45) is 0 Å². The van der Waals surface area contributed by atoms with E-state index in [1.54, 1.807) is 6.92 Å². The van der Waals surface area contributed by atoms with Crippen LogP contribution in [-0.4, -0.2) is 26.3 Å². The molecule has 0 fully saturated rings. The van der Waals surface area contributed by atoms with Crippen LogP contribution in [0.25, 0.3) is 0 Å². The van der Waals surface area contributed by atoms with Gasteiger partial charge in [-0.1, -0.05) is 18.5 Å². The zero-order chi connectivity index (χ0) is 13.2. The molecule has 17 heavy (non-hydrogen) atoms. The highest BCUT2D eigenvalue weighted by Gasteiger charge is 2.25. The molecule has 0 unspecified atom stereocenters. The molecular weight excluding hydrogens is 288 g/mol. The molecule has 1 aromatic carbocycles. The molecule has 7 heteroatoms. The second-order valence-corrected chi connectivity index (χ2v) is 6.15. The highest BCUT2D eigenvalue weighted by Crippen LogP contribution is 2.26. The molecule has 1 aromatic rings. The minimum absolute atomic E-state index is 0.0715. The summed E-state index contributed by atoms with van der Waals surface area (Å²) < 4.78 is 38.9. The third-order valence-electron chi connectivity index (χ3n) is 2.36. The number of rotatable bonds is 4. The molecule has 0 aromatic heterocycles. The average Bonchev–Trinajstić information content (AvgIpc) is 2.30. The molecule has 0 heterocycles. The van der Waals surface area contributed by atoms with Crippen molar-refractivity contribution in [2.45, 2.75) is 17.7 Å². The monoisotopic (exact) mass is 299 g/mol. The summed E-state index contributed by atoms with van der Waals surface area (Å²) in [4.78, 5) is -0.440. The Kier molecular flexibility index (Phi) is 4.77. The maximum Gasteiger partial charge on any atom is 0.245 e. The summed E-state index contributed by atoms with van der Waals surface area (Å²) in [6, 6.07) is 2.41. The molecule has 0 bridgehead atoms. The first-order chi connectivity index (χ1) is 7.84. The van der Waals surface area contributed by atoms with Gasteiger partial charge in [-0.15, -0.1) is 11.6 Å². The van der Waals surface area contributed by atoms with Crippen molar-refractivity contribution in [3.05, 3.63) is 28.5 Å². The van der Waals surface area contributed by atoms with Crippen molar-refractivity contribution in [3.63, 3.8) is 0 Å². The van der Waals surface area contributed by atoms with Crippen LogP contribution in [-0.2, 0) is 15.9 Å². The average molecular weight is 300 g/mol. The number of nitrogens with zero attached hydrogens (tertiary/aromatic N) is 1. The van der Waals surface area contributed by atoms with Crippen LogP contribution in [0.5, 0.6) is 0 Å². The van der Waals surface area contributed by atoms with Gasteiger partial charge >= 0.3 is 0 Å². The lowest BCUT2D eigenvalue weighted by Crippen LogP contribution is -2.27. The quantitative estimate of drug-likeness (QED) is 0.802. The van der Waals surface area contributed by atoms with Crippen LogP contribution in [0.1, 0.15) is 12.5 Å². The number of benzene rings is 1. The molecule has 1 rings (SSSR count). The fourth-order valence-corrected chi connectivity index (χ4v) is 3.05. The Bertz CT molecular complexity index is 519. The van der Waals surface area contributed by atoms with Gasteiger partial charge in [0.1, 0.15) is 10.7 Å². The lowest BCUT2D eigenvalue weighted by atomic mass is 10.2. The number of halogens is 3. The third kappa shape index (κ3) is 2.91. The van der Waals surface area contributed by atoms with Crippen molar-refractivity contribution < 1.29 is 12.8 Å². The summed E-state index contributed by atoms with van der Waals surface area (Å²) in [7, 11) is -2.49. The van der Waals surface area contributed by atoms with E-state index in [4.69, 9.17) is 23.2 Å². The van der Waals surface area contributed by atoms with E-state index >= 15 is 0 Å². The van der Waals surface area contributed by atoms with Gasteiger partial charge in [-0.3, -0.25) is 0 Å². The molecular formula is C10H12Cl2FNO2S. The van der Waals surface area contributed by atoms with Crippen molar-refractivity contribution >= 4 is 33.2 Å². The second-order valence-electron chi connectivity index (χ2n) is 3.43. The Labute approximate surface area is 110 Å². The van der Waals surface area contributed by atoms with Crippen LogP contribution < -0.4 is 0 Å². The minimum atomic E-state index is -3.86. The van der Waals surface area contributed by atoms with E-state index in [1.807, 2.05) is 0 Å². The molecule has 3 nitrogen and oxygen atoms in total. The molecule has 0 aliphatic carbocycles. The van der Waals surface area contributed by atoms with Gasteiger partial charge in [-0.05, 0) is 12.1 Å². The SMILES string of the molecule is CCN(C)S(=O)(=O)c1cc(Cl)cc(CCl)c1F. The van der Waals surface area contributed by atoms with Crippen LogP contribution >= 0.6 is 23.2 Å². The van der Waals surface area contributed by atoms with Crippen molar-refractivity contribution in [3.8, 4) is 0 Å². The third-order valence-corrected chi connectivity index (χ3v) is 4.79. The zero-order valence-electron chi connectivity index (χ0n) is 9.37. The number of sulfonamides is 1. The fourth-order valence-electron chi connectivity index (χ4n) is 1.24. The molecule has 0 saturated heterocycles. The van der Waals surface area contributed by atoms with Crippen molar-refractivity contribution in [1.82, 2.24) is 4.31 Å². The van der Waals surface area contributed by atoms with Gasteiger partial charge in [-0.25, -0.2) is 17.1 Å². The molecule has 0 atom stereocenters. The molecule has 0 aliphatic rings. The smallest absolute Gasteiger partial charge is 0.207 e. The summed E-state index contributed by atoms with van der Waals surface area (Å²) in [5.41, 5.74) is 0.0715. The first kappa shape index (κ1) is 14.7. The van der Waals surface area contributed by atoms with E-state index in [0.29, 0.717) is 0 Å². The molecule has 0 aliphatic heterocycles. The van der Waals surface area contributed by atoms with Crippen LogP contribution in [0.3, 0.4) is 0 Å². The van der Waals surface area contributed by atoms with Gasteiger partial charge in [0.15, 0.2) is 0 Å². The lowest BCUT2D eigenvalue weighted by Gasteiger charge is -2.16. The summed E-state index contributed by atoms with van der Waals surface area (Å²) >= 11 is 11.3. The van der Waals surface area contributed by atoms with Gasteiger partial charge in [0.2, 0.25) is 10.0 Å². The molecule has 0 saturated carbocycles.